The number of hydrogen-bond acceptors (Lipinski definition) is 2. The largest absolute Gasteiger partial charge is 2.00 e. The molecule has 0 amide bonds. The summed E-state index contributed by atoms with van der Waals surface area (Å²) in [6.45, 7) is 0. The average molecular weight is 233 g/mol. The predicted molar refractivity (Wildman–Crippen MR) is 21.0 cm³/mol. The molecule has 2 N–H and O–H groups in total. The first-order valence-electron chi connectivity index (χ1n) is 0.698. The molecule has 0 saturated heterocycles. The van der Waals surface area contributed by atoms with Gasteiger partial charge in [0.1, 0.15) is 0 Å². The molecular weight excluding hydrogens is 230 g/mol. The minimum atomic E-state index is -4.67. The topological polar surface area (TPSA) is 74.6 Å². The molecule has 0 atom stereocenters. The van der Waals surface area contributed by atoms with Crippen LogP contribution in [0.3, 0.4) is 0 Å². The molecule has 9 heavy (non-hydrogen) atoms. The molecule has 0 bridgehead atoms. The average Bonchev–Trinajstić information content (AvgIpc) is 0.722. The van der Waals surface area contributed by atoms with Gasteiger partial charge in [0.2, 0.25) is 0 Å². The Labute approximate surface area is 126 Å². The molecule has 50 valence electrons. The standard InChI is InChI=1S/2ClH.K.Mg.H2O4S.H/c;;;;1-5(2,3)4;/h2*1H;;;(H2,1,2,3,4);/q;;+1;+2;;-1/p-2. The van der Waals surface area contributed by atoms with Gasteiger partial charge in [-0.2, -0.15) is 8.42 Å². The van der Waals surface area contributed by atoms with Crippen LogP contribution in [0.4, 0.5) is 0 Å². The van der Waals surface area contributed by atoms with Gasteiger partial charge in [-0.05, 0) is 0 Å². The second-order valence-corrected chi connectivity index (χ2v) is 1.34. The smallest absolute Gasteiger partial charge is 1.00 e. The van der Waals surface area contributed by atoms with Crippen LogP contribution in [0.25, 0.3) is 0 Å². The van der Waals surface area contributed by atoms with Crippen LogP contribution in [-0.2, 0) is 10.4 Å². The SMILES string of the molecule is O=S(=O)(O)O.[Cl-].[Cl-].[H-].[K+].[Mg+2]. The second-order valence-electron chi connectivity index (χ2n) is 0.448. The summed E-state index contributed by atoms with van der Waals surface area (Å²) in [5.41, 5.74) is 0. The van der Waals surface area contributed by atoms with Crippen molar-refractivity contribution in [3.63, 3.8) is 0 Å². The third kappa shape index (κ3) is 105. The summed E-state index contributed by atoms with van der Waals surface area (Å²) in [6, 6.07) is 0. The Hall–Kier alpha value is 2.85. The first-order valence-corrected chi connectivity index (χ1v) is 2.10. The summed E-state index contributed by atoms with van der Waals surface area (Å²) >= 11 is 0. The molecule has 0 aliphatic heterocycles. The van der Waals surface area contributed by atoms with Gasteiger partial charge in [0, 0.05) is 0 Å². The first kappa shape index (κ1) is 29.7. The van der Waals surface area contributed by atoms with E-state index in [0.717, 1.165) is 0 Å². The Kier molecular flexibility index (Phi) is 44.4. The Morgan fingerprint density at radius 3 is 1.11 bits per heavy atom. The fourth-order valence-corrected chi connectivity index (χ4v) is 0. The minimum Gasteiger partial charge on any atom is -1.00 e. The molecule has 9 heteroatoms. The molecule has 0 aromatic rings. The van der Waals surface area contributed by atoms with E-state index in [1.165, 1.54) is 0 Å². The number of halogens is 2. The molecule has 0 aliphatic carbocycles. The summed E-state index contributed by atoms with van der Waals surface area (Å²) in [5.74, 6) is 0. The van der Waals surface area contributed by atoms with Crippen LogP contribution in [0.5, 0.6) is 0 Å². The molecule has 0 radical (unpaired) electrons. The molecule has 0 rings (SSSR count). The summed E-state index contributed by atoms with van der Waals surface area (Å²) in [7, 11) is -4.67. The van der Waals surface area contributed by atoms with E-state index in [2.05, 4.69) is 0 Å². The normalized spacial score (nSPS) is 6.44. The second kappa shape index (κ2) is 13.4. The van der Waals surface area contributed by atoms with Crippen molar-refractivity contribution in [1.82, 2.24) is 0 Å². The molecule has 0 unspecified atom stereocenters. The van der Waals surface area contributed by atoms with E-state index in [1.54, 1.807) is 0 Å². The zero-order valence-electron chi connectivity index (χ0n) is 5.58. The van der Waals surface area contributed by atoms with Crippen LogP contribution in [0.2, 0.25) is 0 Å². The van der Waals surface area contributed by atoms with Crippen molar-refractivity contribution in [2.24, 2.45) is 0 Å². The van der Waals surface area contributed by atoms with Gasteiger partial charge in [0.15, 0.2) is 0 Å². The summed E-state index contributed by atoms with van der Waals surface area (Å²) < 4.78 is 31.6. The molecular formula is H3Cl2KMgO4S. The van der Waals surface area contributed by atoms with E-state index in [1.807, 2.05) is 0 Å². The minimum absolute atomic E-state index is 0. The molecule has 0 heterocycles. The quantitative estimate of drug-likeness (QED) is 0.322. The Morgan fingerprint density at radius 2 is 1.11 bits per heavy atom. The van der Waals surface area contributed by atoms with E-state index in [4.69, 9.17) is 17.5 Å². The van der Waals surface area contributed by atoms with Crippen molar-refractivity contribution in [1.29, 1.82) is 0 Å². The molecule has 4 nitrogen and oxygen atoms in total. The van der Waals surface area contributed by atoms with E-state index in [0.29, 0.717) is 0 Å². The number of rotatable bonds is 0. The number of hydrogen-bond donors (Lipinski definition) is 2. The Morgan fingerprint density at radius 1 is 1.11 bits per heavy atom. The maximum atomic E-state index is 8.74. The molecule has 0 fully saturated rings. The monoisotopic (exact) mass is 232 g/mol. The fourth-order valence-electron chi connectivity index (χ4n) is 0. The van der Waals surface area contributed by atoms with E-state index >= 15 is 0 Å². The summed E-state index contributed by atoms with van der Waals surface area (Å²) in [4.78, 5) is 0. The third-order valence-corrected chi connectivity index (χ3v) is 0. The molecule has 0 aromatic heterocycles. The van der Waals surface area contributed by atoms with Crippen LogP contribution in [0.15, 0.2) is 0 Å². The van der Waals surface area contributed by atoms with Crippen molar-refractivity contribution in [2.45, 2.75) is 0 Å². The van der Waals surface area contributed by atoms with Gasteiger partial charge in [0.25, 0.3) is 0 Å². The van der Waals surface area contributed by atoms with Gasteiger partial charge < -0.3 is 26.2 Å². The molecule has 0 saturated carbocycles. The van der Waals surface area contributed by atoms with Crippen molar-refractivity contribution < 1.29 is 95.1 Å². The van der Waals surface area contributed by atoms with Crippen molar-refractivity contribution in [2.75, 3.05) is 0 Å². The van der Waals surface area contributed by atoms with Crippen molar-refractivity contribution in [3.05, 3.63) is 0 Å². The van der Waals surface area contributed by atoms with Crippen molar-refractivity contribution in [3.8, 4) is 0 Å². The third-order valence-electron chi connectivity index (χ3n) is 0. The van der Waals surface area contributed by atoms with Gasteiger partial charge in [-0.1, -0.05) is 0 Å². The van der Waals surface area contributed by atoms with Crippen LogP contribution in [0, 0.1) is 0 Å². The molecule has 0 aliphatic rings. The van der Waals surface area contributed by atoms with Crippen LogP contribution >= 0.6 is 0 Å². The molecule has 0 aromatic carbocycles. The fraction of sp³-hybridized carbons (Fsp3) is 0. The van der Waals surface area contributed by atoms with Gasteiger partial charge in [0.05, 0.1) is 0 Å². The Balaban J connectivity index is -0.00000000800. The predicted octanol–water partition coefficient (Wildman–Crippen LogP) is -9.91. The maximum absolute atomic E-state index is 8.74. The van der Waals surface area contributed by atoms with Crippen LogP contribution in [0.1, 0.15) is 1.43 Å². The zero-order valence-corrected chi connectivity index (χ0v) is 11.4. The Bertz CT molecular complexity index is 106. The van der Waals surface area contributed by atoms with E-state index in [-0.39, 0.29) is 101 Å². The van der Waals surface area contributed by atoms with Crippen molar-refractivity contribution >= 4 is 33.5 Å². The van der Waals surface area contributed by atoms with Crippen LogP contribution < -0.4 is 76.2 Å². The van der Waals surface area contributed by atoms with Gasteiger partial charge in [-0.15, -0.1) is 0 Å². The van der Waals surface area contributed by atoms with Gasteiger partial charge >= 0.3 is 84.8 Å². The molecule has 0 spiro atoms. The van der Waals surface area contributed by atoms with E-state index < -0.39 is 10.4 Å². The van der Waals surface area contributed by atoms with Gasteiger partial charge in [-0.25, -0.2) is 0 Å². The summed E-state index contributed by atoms with van der Waals surface area (Å²) in [6.07, 6.45) is 0. The first-order chi connectivity index (χ1) is 2.00. The maximum Gasteiger partial charge on any atom is 2.00 e. The zero-order chi connectivity index (χ0) is 4.50. The van der Waals surface area contributed by atoms with Gasteiger partial charge in [-0.3, -0.25) is 9.11 Å². The van der Waals surface area contributed by atoms with E-state index in [9.17, 15) is 0 Å². The van der Waals surface area contributed by atoms with Crippen LogP contribution in [-0.4, -0.2) is 40.6 Å². The summed E-state index contributed by atoms with van der Waals surface area (Å²) in [5, 5.41) is 0.